The first-order chi connectivity index (χ1) is 7.09. The van der Waals surface area contributed by atoms with Gasteiger partial charge in [0.2, 0.25) is 0 Å². The van der Waals surface area contributed by atoms with Crippen LogP contribution in [0.2, 0.25) is 5.02 Å². The van der Waals surface area contributed by atoms with Gasteiger partial charge in [0.1, 0.15) is 0 Å². The number of carboxylic acid groups (broad SMARTS) is 1. The topological polar surface area (TPSA) is 91.7 Å². The van der Waals surface area contributed by atoms with E-state index in [1.54, 1.807) is 19.1 Å². The average molecular weight is 267 g/mol. The standard InChI is InChI=1S/C8H7ClO2.CH4O3S/c1-5-2-6(8(10)11)4-7(9)3-5;1-5(2,3)4/h2-4H,1H3,(H,10,11);1H3,(H,2,3,4). The van der Waals surface area contributed by atoms with Crippen molar-refractivity contribution in [3.05, 3.63) is 34.3 Å². The molecular weight excluding hydrogens is 256 g/mol. The van der Waals surface area contributed by atoms with E-state index in [1.807, 2.05) is 0 Å². The predicted octanol–water partition coefficient (Wildman–Crippen LogP) is 1.85. The minimum Gasteiger partial charge on any atom is -0.478 e. The Kier molecular flexibility index (Phi) is 5.43. The van der Waals surface area contributed by atoms with Crippen LogP contribution in [0.5, 0.6) is 0 Å². The first kappa shape index (κ1) is 14.9. The Labute approximate surface area is 98.4 Å². The Bertz CT molecular complexity index is 452. The molecule has 0 aromatic heterocycles. The SMILES string of the molecule is CS(=O)(=O)O.Cc1cc(Cl)cc(C(=O)O)c1. The number of rotatable bonds is 1. The largest absolute Gasteiger partial charge is 0.478 e. The van der Waals surface area contributed by atoms with Crippen molar-refractivity contribution in [3.8, 4) is 0 Å². The van der Waals surface area contributed by atoms with Gasteiger partial charge in [-0.2, -0.15) is 8.42 Å². The van der Waals surface area contributed by atoms with Crippen LogP contribution < -0.4 is 0 Å². The predicted molar refractivity (Wildman–Crippen MR) is 60.6 cm³/mol. The number of hydrogen-bond donors (Lipinski definition) is 2. The zero-order chi connectivity index (χ0) is 12.9. The quantitative estimate of drug-likeness (QED) is 0.757. The first-order valence-electron chi connectivity index (χ1n) is 4.02. The molecule has 16 heavy (non-hydrogen) atoms. The third kappa shape index (κ3) is 8.22. The molecule has 0 aliphatic heterocycles. The van der Waals surface area contributed by atoms with E-state index in [-0.39, 0.29) is 5.56 Å². The van der Waals surface area contributed by atoms with Crippen LogP contribution in [0.15, 0.2) is 18.2 Å². The third-order valence-electron chi connectivity index (χ3n) is 1.29. The molecule has 0 saturated heterocycles. The number of hydrogen-bond acceptors (Lipinski definition) is 3. The van der Waals surface area contributed by atoms with E-state index in [1.165, 1.54) is 6.07 Å². The molecular formula is C9H11ClO5S. The van der Waals surface area contributed by atoms with Gasteiger partial charge in [-0.15, -0.1) is 0 Å². The molecule has 5 nitrogen and oxygen atoms in total. The van der Waals surface area contributed by atoms with Crippen molar-refractivity contribution in [3.63, 3.8) is 0 Å². The lowest BCUT2D eigenvalue weighted by Crippen LogP contribution is -1.95. The van der Waals surface area contributed by atoms with Gasteiger partial charge in [0.05, 0.1) is 11.8 Å². The molecule has 0 amide bonds. The molecule has 1 rings (SSSR count). The maximum absolute atomic E-state index is 10.4. The fourth-order valence-corrected chi connectivity index (χ4v) is 1.15. The maximum atomic E-state index is 10.4. The number of aromatic carboxylic acids is 1. The van der Waals surface area contributed by atoms with Crippen LogP contribution in [-0.4, -0.2) is 30.3 Å². The van der Waals surface area contributed by atoms with Gasteiger partial charge in [0, 0.05) is 5.02 Å². The van der Waals surface area contributed by atoms with Gasteiger partial charge in [-0.05, 0) is 30.7 Å². The van der Waals surface area contributed by atoms with Gasteiger partial charge < -0.3 is 5.11 Å². The summed E-state index contributed by atoms with van der Waals surface area (Å²) >= 11 is 5.63. The Hall–Kier alpha value is -1.11. The molecule has 0 fully saturated rings. The lowest BCUT2D eigenvalue weighted by molar-refractivity contribution is 0.0696. The number of benzene rings is 1. The summed E-state index contributed by atoms with van der Waals surface area (Å²) in [5.41, 5.74) is 1.09. The van der Waals surface area contributed by atoms with Crippen molar-refractivity contribution in [2.45, 2.75) is 6.92 Å². The summed E-state index contributed by atoms with van der Waals surface area (Å²) in [4.78, 5) is 10.4. The monoisotopic (exact) mass is 266 g/mol. The highest BCUT2D eigenvalue weighted by molar-refractivity contribution is 7.85. The average Bonchev–Trinajstić information content (AvgIpc) is 1.98. The molecule has 7 heteroatoms. The number of aryl methyl sites for hydroxylation is 1. The Balaban J connectivity index is 0.000000385. The highest BCUT2D eigenvalue weighted by atomic mass is 35.5. The summed E-state index contributed by atoms with van der Waals surface area (Å²) in [7, 11) is -3.67. The van der Waals surface area contributed by atoms with Crippen LogP contribution in [0, 0.1) is 6.92 Å². The van der Waals surface area contributed by atoms with E-state index in [9.17, 15) is 13.2 Å². The van der Waals surface area contributed by atoms with Gasteiger partial charge in [-0.3, -0.25) is 4.55 Å². The number of carbonyl (C=O) groups is 1. The molecule has 0 heterocycles. The van der Waals surface area contributed by atoms with Crippen molar-refractivity contribution in [1.82, 2.24) is 0 Å². The summed E-state index contributed by atoms with van der Waals surface area (Å²) in [5.74, 6) is -0.949. The maximum Gasteiger partial charge on any atom is 0.335 e. The van der Waals surface area contributed by atoms with Crippen molar-refractivity contribution in [2.75, 3.05) is 6.26 Å². The van der Waals surface area contributed by atoms with Crippen LogP contribution in [0.1, 0.15) is 15.9 Å². The van der Waals surface area contributed by atoms with E-state index < -0.39 is 16.1 Å². The minimum absolute atomic E-state index is 0.231. The summed E-state index contributed by atoms with van der Waals surface area (Å²) < 4.78 is 25.9. The van der Waals surface area contributed by atoms with Crippen molar-refractivity contribution < 1.29 is 22.9 Å². The summed E-state index contributed by atoms with van der Waals surface area (Å²) in [6, 6.07) is 4.72. The lowest BCUT2D eigenvalue weighted by atomic mass is 10.1. The minimum atomic E-state index is -3.67. The van der Waals surface area contributed by atoms with Crippen LogP contribution in [0.4, 0.5) is 0 Å². The Morgan fingerprint density at radius 2 is 1.75 bits per heavy atom. The Morgan fingerprint density at radius 1 is 1.31 bits per heavy atom. The van der Waals surface area contributed by atoms with Crippen molar-refractivity contribution >= 4 is 27.7 Å². The molecule has 0 unspecified atom stereocenters. The summed E-state index contributed by atoms with van der Waals surface area (Å²) in [5, 5.41) is 9.04. The van der Waals surface area contributed by atoms with Crippen LogP contribution in [0.3, 0.4) is 0 Å². The second kappa shape index (κ2) is 5.83. The van der Waals surface area contributed by atoms with Crippen LogP contribution in [-0.2, 0) is 10.1 Å². The van der Waals surface area contributed by atoms with Crippen LogP contribution >= 0.6 is 11.6 Å². The third-order valence-corrected chi connectivity index (χ3v) is 1.51. The summed E-state index contributed by atoms with van der Waals surface area (Å²) in [6.07, 6.45) is 0.715. The molecule has 0 spiro atoms. The molecule has 0 bridgehead atoms. The number of carboxylic acids is 1. The van der Waals surface area contributed by atoms with Crippen molar-refractivity contribution in [1.29, 1.82) is 0 Å². The van der Waals surface area contributed by atoms with E-state index in [2.05, 4.69) is 0 Å². The van der Waals surface area contributed by atoms with Crippen molar-refractivity contribution in [2.24, 2.45) is 0 Å². The molecule has 0 aliphatic carbocycles. The molecule has 2 N–H and O–H groups in total. The molecule has 90 valence electrons. The second-order valence-electron chi connectivity index (χ2n) is 3.06. The Morgan fingerprint density at radius 3 is 2.06 bits per heavy atom. The van der Waals surface area contributed by atoms with E-state index >= 15 is 0 Å². The van der Waals surface area contributed by atoms with Gasteiger partial charge in [0.15, 0.2) is 0 Å². The van der Waals surface area contributed by atoms with Gasteiger partial charge >= 0.3 is 5.97 Å². The molecule has 1 aromatic rings. The molecule has 0 saturated carbocycles. The van der Waals surface area contributed by atoms with E-state index in [0.717, 1.165) is 5.56 Å². The zero-order valence-corrected chi connectivity index (χ0v) is 10.2. The number of halogens is 1. The molecule has 0 atom stereocenters. The van der Waals surface area contributed by atoms with E-state index in [0.29, 0.717) is 11.3 Å². The zero-order valence-electron chi connectivity index (χ0n) is 8.64. The van der Waals surface area contributed by atoms with Gasteiger partial charge in [-0.1, -0.05) is 11.6 Å². The van der Waals surface area contributed by atoms with Gasteiger partial charge in [-0.25, -0.2) is 4.79 Å². The first-order valence-corrected chi connectivity index (χ1v) is 6.25. The lowest BCUT2D eigenvalue weighted by Gasteiger charge is -1.97. The van der Waals surface area contributed by atoms with Crippen LogP contribution in [0.25, 0.3) is 0 Å². The van der Waals surface area contributed by atoms with Gasteiger partial charge in [0.25, 0.3) is 10.1 Å². The van der Waals surface area contributed by atoms with E-state index in [4.69, 9.17) is 21.3 Å². The molecule has 0 aliphatic rings. The normalized spacial score (nSPS) is 10.2. The smallest absolute Gasteiger partial charge is 0.335 e. The fraction of sp³-hybridized carbons (Fsp3) is 0.222. The second-order valence-corrected chi connectivity index (χ2v) is 4.96. The molecule has 1 aromatic carbocycles. The highest BCUT2D eigenvalue weighted by Gasteiger charge is 2.03. The fourth-order valence-electron chi connectivity index (χ4n) is 0.860. The highest BCUT2D eigenvalue weighted by Crippen LogP contribution is 2.14. The summed E-state index contributed by atoms with van der Waals surface area (Å²) in [6.45, 7) is 1.80. The molecule has 0 radical (unpaired) electrons.